The van der Waals surface area contributed by atoms with Gasteiger partial charge in [-0.2, -0.15) is 10.1 Å². The Bertz CT molecular complexity index is 787. The van der Waals surface area contributed by atoms with E-state index in [-0.39, 0.29) is 0 Å². The monoisotopic (exact) mass is 307 g/mol. The molecule has 1 aliphatic rings. The molecule has 0 spiro atoms. The van der Waals surface area contributed by atoms with E-state index in [0.29, 0.717) is 18.5 Å². The lowest BCUT2D eigenvalue weighted by Crippen LogP contribution is -2.27. The average Bonchev–Trinajstić information content (AvgIpc) is 3.15. The number of anilines is 1. The summed E-state index contributed by atoms with van der Waals surface area (Å²) in [5.74, 6) is 2.76. The summed E-state index contributed by atoms with van der Waals surface area (Å²) in [6.07, 6.45) is 6.32. The molecular formula is C17H17N5O. The van der Waals surface area contributed by atoms with Crippen molar-refractivity contribution in [2.45, 2.75) is 6.42 Å². The van der Waals surface area contributed by atoms with Gasteiger partial charge in [-0.3, -0.25) is 0 Å². The number of ether oxygens (including phenoxy) is 1. The minimum Gasteiger partial charge on any atom is -0.493 e. The van der Waals surface area contributed by atoms with Crippen molar-refractivity contribution in [3.8, 4) is 11.6 Å². The molecular weight excluding hydrogens is 290 g/mol. The lowest BCUT2D eigenvalue weighted by molar-refractivity contribution is 0.229. The number of fused-ring (bicyclic) bond motifs is 1. The van der Waals surface area contributed by atoms with Gasteiger partial charge in [0.05, 0.1) is 6.61 Å². The molecule has 1 unspecified atom stereocenters. The summed E-state index contributed by atoms with van der Waals surface area (Å²) in [6, 6.07) is 11.9. The van der Waals surface area contributed by atoms with E-state index in [2.05, 4.69) is 32.5 Å². The van der Waals surface area contributed by atoms with Gasteiger partial charge in [-0.15, -0.1) is 0 Å². The van der Waals surface area contributed by atoms with Crippen LogP contribution in [0, 0.1) is 5.92 Å². The highest BCUT2D eigenvalue weighted by Gasteiger charge is 2.19. The molecule has 0 bridgehead atoms. The molecule has 1 aliphatic heterocycles. The fourth-order valence-corrected chi connectivity index (χ4v) is 2.72. The Morgan fingerprint density at radius 3 is 3.04 bits per heavy atom. The third-order valence-corrected chi connectivity index (χ3v) is 3.88. The van der Waals surface area contributed by atoms with Crippen molar-refractivity contribution in [1.29, 1.82) is 0 Å². The van der Waals surface area contributed by atoms with Crippen LogP contribution in [-0.2, 0) is 6.42 Å². The summed E-state index contributed by atoms with van der Waals surface area (Å²) < 4.78 is 7.53. The number of nitrogens with zero attached hydrogens (tertiary/aromatic N) is 4. The minimum absolute atomic E-state index is 0.404. The predicted molar refractivity (Wildman–Crippen MR) is 86.8 cm³/mol. The van der Waals surface area contributed by atoms with Crippen LogP contribution < -0.4 is 10.1 Å². The van der Waals surface area contributed by atoms with E-state index < -0.39 is 0 Å². The van der Waals surface area contributed by atoms with Crippen LogP contribution in [0.25, 0.3) is 5.82 Å². The molecule has 1 aromatic carbocycles. The molecule has 2 aromatic heterocycles. The van der Waals surface area contributed by atoms with Gasteiger partial charge >= 0.3 is 0 Å². The zero-order valence-electron chi connectivity index (χ0n) is 12.6. The second-order valence-corrected chi connectivity index (χ2v) is 5.56. The van der Waals surface area contributed by atoms with Gasteiger partial charge in [0.15, 0.2) is 5.82 Å². The van der Waals surface area contributed by atoms with Crippen molar-refractivity contribution < 1.29 is 4.74 Å². The molecule has 3 heterocycles. The van der Waals surface area contributed by atoms with Crippen molar-refractivity contribution in [3.63, 3.8) is 0 Å². The zero-order valence-corrected chi connectivity index (χ0v) is 12.6. The average molecular weight is 307 g/mol. The highest BCUT2D eigenvalue weighted by atomic mass is 16.5. The number of benzene rings is 1. The maximum Gasteiger partial charge on any atom is 0.224 e. The molecule has 23 heavy (non-hydrogen) atoms. The molecule has 6 nitrogen and oxygen atoms in total. The van der Waals surface area contributed by atoms with E-state index in [4.69, 9.17) is 4.74 Å². The van der Waals surface area contributed by atoms with Crippen molar-refractivity contribution in [2.75, 3.05) is 18.5 Å². The molecule has 0 aliphatic carbocycles. The molecule has 116 valence electrons. The van der Waals surface area contributed by atoms with E-state index in [1.807, 2.05) is 30.5 Å². The molecule has 4 rings (SSSR count). The Labute approximate surface area is 134 Å². The molecule has 3 aromatic rings. The summed E-state index contributed by atoms with van der Waals surface area (Å²) in [5, 5.41) is 7.49. The third kappa shape index (κ3) is 3.01. The van der Waals surface area contributed by atoms with Crippen molar-refractivity contribution in [1.82, 2.24) is 19.7 Å². The van der Waals surface area contributed by atoms with Gasteiger partial charge < -0.3 is 10.1 Å². The number of hydrogen-bond acceptors (Lipinski definition) is 5. The van der Waals surface area contributed by atoms with Gasteiger partial charge in [0.1, 0.15) is 5.75 Å². The van der Waals surface area contributed by atoms with Gasteiger partial charge in [0.2, 0.25) is 5.95 Å². The van der Waals surface area contributed by atoms with Crippen molar-refractivity contribution >= 4 is 5.95 Å². The molecule has 0 fully saturated rings. The van der Waals surface area contributed by atoms with Crippen molar-refractivity contribution in [3.05, 3.63) is 60.6 Å². The van der Waals surface area contributed by atoms with E-state index >= 15 is 0 Å². The first-order valence-corrected chi connectivity index (χ1v) is 7.66. The summed E-state index contributed by atoms with van der Waals surface area (Å²) in [4.78, 5) is 8.76. The Morgan fingerprint density at radius 1 is 1.17 bits per heavy atom. The molecule has 0 amide bonds. The number of para-hydroxylation sites is 1. The van der Waals surface area contributed by atoms with E-state index in [1.54, 1.807) is 17.1 Å². The summed E-state index contributed by atoms with van der Waals surface area (Å²) in [5.41, 5.74) is 1.26. The maximum atomic E-state index is 5.81. The molecule has 6 heteroatoms. The smallest absolute Gasteiger partial charge is 0.224 e. The van der Waals surface area contributed by atoms with Gasteiger partial charge in [-0.1, -0.05) is 18.2 Å². The van der Waals surface area contributed by atoms with Crippen LogP contribution in [0.2, 0.25) is 0 Å². The standard InChI is InChI=1S/C17H17N5O/c1-2-5-15-14(4-1)10-13(12-23-15)11-19-17-18-8-6-16(21-17)22-9-3-7-20-22/h1-9,13H,10-12H2,(H,18,19,21). The van der Waals surface area contributed by atoms with E-state index in [1.165, 1.54) is 5.56 Å². The number of hydrogen-bond donors (Lipinski definition) is 1. The van der Waals surface area contributed by atoms with Crippen LogP contribution in [0.3, 0.4) is 0 Å². The largest absolute Gasteiger partial charge is 0.493 e. The van der Waals surface area contributed by atoms with Crippen LogP contribution in [-0.4, -0.2) is 32.9 Å². The minimum atomic E-state index is 0.404. The predicted octanol–water partition coefficient (Wildman–Crippen LogP) is 2.33. The summed E-state index contributed by atoms with van der Waals surface area (Å²) >= 11 is 0. The van der Waals surface area contributed by atoms with Gasteiger partial charge in [0.25, 0.3) is 0 Å². The summed E-state index contributed by atoms with van der Waals surface area (Å²) in [7, 11) is 0. The van der Waals surface area contributed by atoms with Crippen LogP contribution in [0.15, 0.2) is 55.0 Å². The first-order chi connectivity index (χ1) is 11.4. The Balaban J connectivity index is 1.41. The lowest BCUT2D eigenvalue weighted by Gasteiger charge is -2.25. The fourth-order valence-electron chi connectivity index (χ4n) is 2.72. The van der Waals surface area contributed by atoms with Crippen LogP contribution in [0.5, 0.6) is 5.75 Å². The highest BCUT2D eigenvalue weighted by Crippen LogP contribution is 2.26. The van der Waals surface area contributed by atoms with Gasteiger partial charge in [0, 0.05) is 37.1 Å². The fraction of sp³-hybridized carbons (Fsp3) is 0.235. The number of aromatic nitrogens is 4. The number of nitrogens with one attached hydrogen (secondary N) is 1. The lowest BCUT2D eigenvalue weighted by atomic mass is 9.97. The SMILES string of the molecule is c1ccc2c(c1)CC(CNc1nccc(-n3cccn3)n1)CO2. The molecule has 0 saturated heterocycles. The maximum absolute atomic E-state index is 5.81. The Morgan fingerprint density at radius 2 is 2.13 bits per heavy atom. The molecule has 1 N–H and O–H groups in total. The Kier molecular flexibility index (Phi) is 3.63. The quantitative estimate of drug-likeness (QED) is 0.801. The second-order valence-electron chi connectivity index (χ2n) is 5.56. The van der Waals surface area contributed by atoms with Crippen LogP contribution in [0.4, 0.5) is 5.95 Å². The Hall–Kier alpha value is -2.89. The number of rotatable bonds is 4. The van der Waals surface area contributed by atoms with Crippen molar-refractivity contribution in [2.24, 2.45) is 5.92 Å². The molecule has 0 radical (unpaired) electrons. The normalized spacial score (nSPS) is 16.4. The zero-order chi connectivity index (χ0) is 15.5. The first-order valence-electron chi connectivity index (χ1n) is 7.66. The van der Waals surface area contributed by atoms with Gasteiger partial charge in [-0.05, 0) is 24.1 Å². The van der Waals surface area contributed by atoms with Crippen LogP contribution in [0.1, 0.15) is 5.56 Å². The third-order valence-electron chi connectivity index (χ3n) is 3.88. The first kappa shape index (κ1) is 13.8. The topological polar surface area (TPSA) is 64.9 Å². The van der Waals surface area contributed by atoms with E-state index in [9.17, 15) is 0 Å². The molecule has 0 saturated carbocycles. The highest BCUT2D eigenvalue weighted by molar-refractivity contribution is 5.36. The summed E-state index contributed by atoms with van der Waals surface area (Å²) in [6.45, 7) is 1.49. The van der Waals surface area contributed by atoms with Crippen LogP contribution >= 0.6 is 0 Å². The molecule has 1 atom stereocenters. The van der Waals surface area contributed by atoms with E-state index in [0.717, 1.165) is 24.5 Å². The second kappa shape index (κ2) is 6.08. The van der Waals surface area contributed by atoms with Gasteiger partial charge in [-0.25, -0.2) is 9.67 Å².